The van der Waals surface area contributed by atoms with Crippen molar-refractivity contribution in [2.24, 2.45) is 0 Å². The lowest BCUT2D eigenvalue weighted by molar-refractivity contribution is -0.211. The van der Waals surface area contributed by atoms with Crippen LogP contribution in [0.5, 0.6) is 0 Å². The molecule has 0 spiro atoms. The first-order valence-electron chi connectivity index (χ1n) is 5.09. The van der Waals surface area contributed by atoms with E-state index >= 15 is 0 Å². The smallest absolute Gasteiger partial charge is 0.415 e. The Morgan fingerprint density at radius 1 is 1.53 bits per heavy atom. The van der Waals surface area contributed by atoms with E-state index in [0.29, 0.717) is 0 Å². The average Bonchev–Trinajstić information content (AvgIpc) is 2.15. The summed E-state index contributed by atoms with van der Waals surface area (Å²) in [7, 11) is 0. The molecule has 0 aliphatic carbocycles. The summed E-state index contributed by atoms with van der Waals surface area (Å²) < 4.78 is 41.4. The molecule has 0 saturated carbocycles. The highest BCUT2D eigenvalue weighted by molar-refractivity contribution is 5.67. The summed E-state index contributed by atoms with van der Waals surface area (Å²) in [6.45, 7) is -0.0474. The van der Waals surface area contributed by atoms with Crippen molar-refractivity contribution in [3.8, 4) is 0 Å². The first-order chi connectivity index (χ1) is 7.79. The number of alkyl halides is 3. The predicted octanol–water partition coefficient (Wildman–Crippen LogP) is 0.0851. The molecule has 0 amide bonds. The Morgan fingerprint density at radius 3 is 2.71 bits per heavy atom. The third-order valence-corrected chi connectivity index (χ3v) is 2.43. The third kappa shape index (κ3) is 4.88. The van der Waals surface area contributed by atoms with E-state index in [4.69, 9.17) is 14.9 Å². The van der Waals surface area contributed by atoms with Crippen LogP contribution in [-0.2, 0) is 9.53 Å². The number of hydrogen-bond donors (Lipinski definition) is 2. The van der Waals surface area contributed by atoms with Crippen LogP contribution < -0.4 is 0 Å². The number of carboxylic acids is 1. The maximum absolute atomic E-state index is 12.1. The van der Waals surface area contributed by atoms with Gasteiger partial charge in [-0.1, -0.05) is 0 Å². The molecule has 0 radical (unpaired) electrons. The third-order valence-electron chi connectivity index (χ3n) is 2.43. The summed E-state index contributed by atoms with van der Waals surface area (Å²) in [5.41, 5.74) is 0. The number of β-amino-alcohol motifs (C(OH)–C–C–N with tert-alkyl or cyclic N) is 1. The number of halogens is 3. The number of aliphatic hydroxyl groups is 1. The van der Waals surface area contributed by atoms with Gasteiger partial charge in [-0.05, 0) is 0 Å². The van der Waals surface area contributed by atoms with Gasteiger partial charge >= 0.3 is 12.1 Å². The molecule has 2 unspecified atom stereocenters. The number of hydrogen-bond acceptors (Lipinski definition) is 4. The van der Waals surface area contributed by atoms with Crippen molar-refractivity contribution in [2.45, 2.75) is 24.8 Å². The minimum atomic E-state index is -4.65. The van der Waals surface area contributed by atoms with Crippen LogP contribution in [0.15, 0.2) is 0 Å². The highest BCUT2D eigenvalue weighted by Gasteiger charge is 2.39. The molecule has 2 N–H and O–H groups in total. The zero-order chi connectivity index (χ0) is 13.1. The molecule has 1 rings (SSSR count). The van der Waals surface area contributed by atoms with E-state index < -0.39 is 30.9 Å². The number of nitrogens with zero attached hydrogens (tertiary/aromatic N) is 1. The van der Waals surface area contributed by atoms with Gasteiger partial charge in [0.1, 0.15) is 0 Å². The summed E-state index contributed by atoms with van der Waals surface area (Å²) in [6, 6.07) is 0. The van der Waals surface area contributed by atoms with Gasteiger partial charge in [0.2, 0.25) is 0 Å². The van der Waals surface area contributed by atoms with E-state index in [2.05, 4.69) is 0 Å². The topological polar surface area (TPSA) is 70.0 Å². The molecule has 1 heterocycles. The van der Waals surface area contributed by atoms with Crippen molar-refractivity contribution in [1.29, 1.82) is 0 Å². The van der Waals surface area contributed by atoms with Crippen LogP contribution in [-0.4, -0.2) is 65.7 Å². The molecular weight excluding hydrogens is 243 g/mol. The summed E-state index contributed by atoms with van der Waals surface area (Å²) in [6.07, 6.45) is -7.94. The van der Waals surface area contributed by atoms with E-state index in [1.807, 2.05) is 0 Å². The SMILES string of the molecule is O=C(O)CC1CN(CC(O)C(F)(F)F)CCO1. The lowest BCUT2D eigenvalue weighted by Gasteiger charge is -2.33. The molecule has 100 valence electrons. The van der Waals surface area contributed by atoms with Crippen LogP contribution in [0.4, 0.5) is 13.2 Å². The van der Waals surface area contributed by atoms with Gasteiger partial charge in [-0.2, -0.15) is 13.2 Å². The van der Waals surface area contributed by atoms with Crippen LogP contribution in [0.2, 0.25) is 0 Å². The van der Waals surface area contributed by atoms with Crippen molar-refractivity contribution in [3.05, 3.63) is 0 Å². The van der Waals surface area contributed by atoms with Gasteiger partial charge < -0.3 is 14.9 Å². The normalized spacial score (nSPS) is 24.6. The minimum Gasteiger partial charge on any atom is -0.481 e. The van der Waals surface area contributed by atoms with Gasteiger partial charge in [-0.3, -0.25) is 9.69 Å². The molecule has 0 aromatic carbocycles. The van der Waals surface area contributed by atoms with Gasteiger partial charge in [-0.15, -0.1) is 0 Å². The van der Waals surface area contributed by atoms with E-state index in [1.165, 1.54) is 4.90 Å². The Balaban J connectivity index is 2.42. The number of aliphatic hydroxyl groups excluding tert-OH is 1. The second kappa shape index (κ2) is 5.65. The summed E-state index contributed by atoms with van der Waals surface area (Å²) in [5, 5.41) is 17.4. The lowest BCUT2D eigenvalue weighted by Crippen LogP contribution is -2.49. The fraction of sp³-hybridized carbons (Fsp3) is 0.889. The molecule has 8 heteroatoms. The fourth-order valence-electron chi connectivity index (χ4n) is 1.61. The number of morpholine rings is 1. The minimum absolute atomic E-state index is 0.0828. The maximum atomic E-state index is 12.1. The van der Waals surface area contributed by atoms with Crippen LogP contribution in [0, 0.1) is 0 Å². The average molecular weight is 257 g/mol. The van der Waals surface area contributed by atoms with Crippen molar-refractivity contribution in [1.82, 2.24) is 4.90 Å². The zero-order valence-electron chi connectivity index (χ0n) is 8.98. The van der Waals surface area contributed by atoms with Crippen LogP contribution in [0.25, 0.3) is 0 Å². The number of aliphatic carboxylic acids is 1. The molecule has 2 atom stereocenters. The van der Waals surface area contributed by atoms with Gasteiger partial charge in [-0.25, -0.2) is 0 Å². The molecule has 0 aromatic rings. The molecule has 1 aliphatic rings. The zero-order valence-corrected chi connectivity index (χ0v) is 8.98. The number of carboxylic acid groups (broad SMARTS) is 1. The van der Waals surface area contributed by atoms with Gasteiger partial charge in [0.15, 0.2) is 6.10 Å². The van der Waals surface area contributed by atoms with Gasteiger partial charge in [0.05, 0.1) is 19.1 Å². The van der Waals surface area contributed by atoms with Crippen LogP contribution in [0.1, 0.15) is 6.42 Å². The Labute approximate surface area is 95.8 Å². The largest absolute Gasteiger partial charge is 0.481 e. The molecule has 1 fully saturated rings. The standard InChI is InChI=1S/C9H14F3NO4/c10-9(11,12)7(14)5-13-1-2-17-6(4-13)3-8(15)16/h6-7,14H,1-5H2,(H,15,16). The Hall–Kier alpha value is -0.860. The summed E-state index contributed by atoms with van der Waals surface area (Å²) in [5.74, 6) is -1.06. The van der Waals surface area contributed by atoms with E-state index in [1.54, 1.807) is 0 Å². The summed E-state index contributed by atoms with van der Waals surface area (Å²) >= 11 is 0. The van der Waals surface area contributed by atoms with E-state index in [-0.39, 0.29) is 26.1 Å². The van der Waals surface area contributed by atoms with Gasteiger partial charge in [0.25, 0.3) is 0 Å². The first-order valence-corrected chi connectivity index (χ1v) is 5.09. The summed E-state index contributed by atoms with van der Waals surface area (Å²) in [4.78, 5) is 11.8. The highest BCUT2D eigenvalue weighted by atomic mass is 19.4. The van der Waals surface area contributed by atoms with Crippen molar-refractivity contribution in [3.63, 3.8) is 0 Å². The highest BCUT2D eigenvalue weighted by Crippen LogP contribution is 2.21. The second-order valence-electron chi connectivity index (χ2n) is 3.91. The first kappa shape index (κ1) is 14.2. The van der Waals surface area contributed by atoms with Crippen molar-refractivity contribution < 1.29 is 32.9 Å². The molecule has 17 heavy (non-hydrogen) atoms. The number of ether oxygens (including phenoxy) is 1. The molecule has 0 aromatic heterocycles. The van der Waals surface area contributed by atoms with Gasteiger partial charge in [0, 0.05) is 19.6 Å². The maximum Gasteiger partial charge on any atom is 0.415 e. The van der Waals surface area contributed by atoms with E-state index in [9.17, 15) is 18.0 Å². The molecule has 1 aliphatic heterocycles. The monoisotopic (exact) mass is 257 g/mol. The van der Waals surface area contributed by atoms with Crippen molar-refractivity contribution in [2.75, 3.05) is 26.2 Å². The molecular formula is C9H14F3NO4. The number of rotatable bonds is 4. The predicted molar refractivity (Wildman–Crippen MR) is 50.5 cm³/mol. The lowest BCUT2D eigenvalue weighted by atomic mass is 10.2. The van der Waals surface area contributed by atoms with Crippen molar-refractivity contribution >= 4 is 5.97 Å². The number of carbonyl (C=O) groups is 1. The van der Waals surface area contributed by atoms with E-state index in [0.717, 1.165) is 0 Å². The Bertz CT molecular complexity index is 271. The molecule has 1 saturated heterocycles. The Morgan fingerprint density at radius 2 is 2.18 bits per heavy atom. The quantitative estimate of drug-likeness (QED) is 0.746. The molecule has 0 bridgehead atoms. The van der Waals surface area contributed by atoms with Crippen LogP contribution >= 0.6 is 0 Å². The molecule has 5 nitrogen and oxygen atoms in total. The van der Waals surface area contributed by atoms with Crippen LogP contribution in [0.3, 0.4) is 0 Å². The fourth-order valence-corrected chi connectivity index (χ4v) is 1.61. The second-order valence-corrected chi connectivity index (χ2v) is 3.91. The Kier molecular flexibility index (Phi) is 4.72.